The summed E-state index contributed by atoms with van der Waals surface area (Å²) in [6.07, 6.45) is 0.732. The first-order valence-corrected chi connectivity index (χ1v) is 6.20. The molecule has 3 heteroatoms. The lowest BCUT2D eigenvalue weighted by Crippen LogP contribution is -2.36. The lowest BCUT2D eigenvalue weighted by atomic mass is 10.0. The second-order valence-electron chi connectivity index (χ2n) is 5.15. The Kier molecular flexibility index (Phi) is 3.48. The highest BCUT2D eigenvalue weighted by Crippen LogP contribution is 2.32. The monoisotopic (exact) mass is 232 g/mol. The highest BCUT2D eigenvalue weighted by Gasteiger charge is 2.37. The standard InChI is InChI=1S/C14H20N2O/c1-10(2)9-16-13(8-12(15)14(16)17)11-6-4-3-5-7-11/h3-7,10,12-13H,8-9,15H2,1-2H3. The Bertz CT molecular complexity index is 388. The van der Waals surface area contributed by atoms with Crippen molar-refractivity contribution in [3.8, 4) is 0 Å². The number of likely N-dealkylation sites (tertiary alicyclic amines) is 1. The van der Waals surface area contributed by atoms with Crippen molar-refractivity contribution in [1.29, 1.82) is 0 Å². The topological polar surface area (TPSA) is 46.3 Å². The molecule has 92 valence electrons. The fourth-order valence-electron chi connectivity index (χ4n) is 2.44. The lowest BCUT2D eigenvalue weighted by molar-refractivity contribution is -0.130. The van der Waals surface area contributed by atoms with E-state index in [4.69, 9.17) is 5.73 Å². The third-order valence-corrected chi connectivity index (χ3v) is 3.20. The van der Waals surface area contributed by atoms with Crippen molar-refractivity contribution in [3.63, 3.8) is 0 Å². The molecule has 1 aliphatic rings. The number of carbonyl (C=O) groups is 1. The number of benzene rings is 1. The van der Waals surface area contributed by atoms with Gasteiger partial charge in [0.25, 0.3) is 0 Å². The van der Waals surface area contributed by atoms with Gasteiger partial charge in [0.15, 0.2) is 0 Å². The molecule has 1 amide bonds. The van der Waals surface area contributed by atoms with Crippen LogP contribution in [0.15, 0.2) is 30.3 Å². The summed E-state index contributed by atoms with van der Waals surface area (Å²) >= 11 is 0. The molecule has 0 bridgehead atoms. The van der Waals surface area contributed by atoms with E-state index in [0.29, 0.717) is 5.92 Å². The van der Waals surface area contributed by atoms with E-state index in [2.05, 4.69) is 26.0 Å². The van der Waals surface area contributed by atoms with Crippen molar-refractivity contribution in [2.45, 2.75) is 32.4 Å². The molecule has 0 spiro atoms. The maximum Gasteiger partial charge on any atom is 0.240 e. The molecule has 0 radical (unpaired) electrons. The van der Waals surface area contributed by atoms with Gasteiger partial charge < -0.3 is 10.6 Å². The van der Waals surface area contributed by atoms with Crippen LogP contribution in [0.3, 0.4) is 0 Å². The molecule has 2 rings (SSSR count). The summed E-state index contributed by atoms with van der Waals surface area (Å²) in [5, 5.41) is 0. The minimum Gasteiger partial charge on any atom is -0.334 e. The summed E-state index contributed by atoms with van der Waals surface area (Å²) in [6.45, 7) is 5.03. The Morgan fingerprint density at radius 3 is 2.59 bits per heavy atom. The summed E-state index contributed by atoms with van der Waals surface area (Å²) in [5.74, 6) is 0.558. The number of nitrogens with zero attached hydrogens (tertiary/aromatic N) is 1. The molecule has 2 unspecified atom stereocenters. The van der Waals surface area contributed by atoms with Gasteiger partial charge in [0.1, 0.15) is 0 Å². The zero-order valence-electron chi connectivity index (χ0n) is 10.5. The van der Waals surface area contributed by atoms with Gasteiger partial charge in [0.2, 0.25) is 5.91 Å². The number of rotatable bonds is 3. The van der Waals surface area contributed by atoms with Crippen LogP contribution in [0.4, 0.5) is 0 Å². The number of nitrogens with two attached hydrogens (primary N) is 1. The third kappa shape index (κ3) is 2.50. The quantitative estimate of drug-likeness (QED) is 0.865. The van der Waals surface area contributed by atoms with Crippen LogP contribution in [-0.2, 0) is 4.79 Å². The first-order chi connectivity index (χ1) is 8.09. The van der Waals surface area contributed by atoms with Crippen LogP contribution >= 0.6 is 0 Å². The van der Waals surface area contributed by atoms with Gasteiger partial charge >= 0.3 is 0 Å². The zero-order valence-corrected chi connectivity index (χ0v) is 10.5. The highest BCUT2D eigenvalue weighted by atomic mass is 16.2. The molecule has 1 aromatic rings. The molecule has 1 fully saturated rings. The van der Waals surface area contributed by atoms with E-state index >= 15 is 0 Å². The van der Waals surface area contributed by atoms with Crippen molar-refractivity contribution in [1.82, 2.24) is 4.90 Å². The van der Waals surface area contributed by atoms with Crippen LogP contribution in [-0.4, -0.2) is 23.4 Å². The Morgan fingerprint density at radius 1 is 1.35 bits per heavy atom. The summed E-state index contributed by atoms with van der Waals surface area (Å²) in [4.78, 5) is 14.0. The highest BCUT2D eigenvalue weighted by molar-refractivity contribution is 5.84. The molecule has 0 aliphatic carbocycles. The summed E-state index contributed by atoms with van der Waals surface area (Å²) < 4.78 is 0. The van der Waals surface area contributed by atoms with Gasteiger partial charge in [0, 0.05) is 6.54 Å². The van der Waals surface area contributed by atoms with Gasteiger partial charge in [-0.25, -0.2) is 0 Å². The van der Waals surface area contributed by atoms with Crippen LogP contribution in [0.2, 0.25) is 0 Å². The Balaban J connectivity index is 2.23. The normalized spacial score (nSPS) is 24.7. The van der Waals surface area contributed by atoms with E-state index in [1.165, 1.54) is 5.56 Å². The van der Waals surface area contributed by atoms with E-state index < -0.39 is 0 Å². The van der Waals surface area contributed by atoms with Gasteiger partial charge in [-0.05, 0) is 17.9 Å². The summed E-state index contributed by atoms with van der Waals surface area (Å²) in [6, 6.07) is 9.98. The molecule has 17 heavy (non-hydrogen) atoms. The SMILES string of the molecule is CC(C)CN1C(=O)C(N)CC1c1ccccc1. The number of hydrogen-bond donors (Lipinski definition) is 1. The van der Waals surface area contributed by atoms with Crippen molar-refractivity contribution in [2.24, 2.45) is 11.7 Å². The maximum absolute atomic E-state index is 12.0. The Hall–Kier alpha value is -1.35. The molecule has 0 saturated carbocycles. The number of hydrogen-bond acceptors (Lipinski definition) is 2. The second-order valence-corrected chi connectivity index (χ2v) is 5.15. The molecule has 1 saturated heterocycles. The molecule has 0 aromatic heterocycles. The molecule has 1 aromatic carbocycles. The maximum atomic E-state index is 12.0. The van der Waals surface area contributed by atoms with Crippen LogP contribution in [0.5, 0.6) is 0 Å². The van der Waals surface area contributed by atoms with E-state index in [-0.39, 0.29) is 18.0 Å². The van der Waals surface area contributed by atoms with Crippen LogP contribution in [0.1, 0.15) is 31.9 Å². The smallest absolute Gasteiger partial charge is 0.240 e. The Labute approximate surface area is 103 Å². The fraction of sp³-hybridized carbons (Fsp3) is 0.500. The first-order valence-electron chi connectivity index (χ1n) is 6.20. The van der Waals surface area contributed by atoms with Gasteiger partial charge in [0.05, 0.1) is 12.1 Å². The predicted molar refractivity (Wildman–Crippen MR) is 68.3 cm³/mol. The van der Waals surface area contributed by atoms with E-state index in [1.54, 1.807) is 0 Å². The van der Waals surface area contributed by atoms with Crippen LogP contribution in [0.25, 0.3) is 0 Å². The van der Waals surface area contributed by atoms with Gasteiger partial charge in [-0.2, -0.15) is 0 Å². The Morgan fingerprint density at radius 2 is 2.00 bits per heavy atom. The third-order valence-electron chi connectivity index (χ3n) is 3.20. The molecular formula is C14H20N2O. The molecule has 1 aliphatic heterocycles. The van der Waals surface area contributed by atoms with E-state index in [0.717, 1.165) is 13.0 Å². The van der Waals surface area contributed by atoms with Crippen LogP contribution < -0.4 is 5.73 Å². The lowest BCUT2D eigenvalue weighted by Gasteiger charge is -2.26. The fourth-order valence-corrected chi connectivity index (χ4v) is 2.44. The predicted octanol–water partition coefficient (Wildman–Crippen LogP) is 1.94. The molecule has 3 nitrogen and oxygen atoms in total. The average Bonchev–Trinajstić information content (AvgIpc) is 2.58. The average molecular weight is 232 g/mol. The molecule has 1 heterocycles. The second kappa shape index (κ2) is 4.88. The van der Waals surface area contributed by atoms with Crippen LogP contribution in [0, 0.1) is 5.92 Å². The molecular weight excluding hydrogens is 212 g/mol. The van der Waals surface area contributed by atoms with Crippen molar-refractivity contribution in [3.05, 3.63) is 35.9 Å². The first kappa shape index (κ1) is 12.1. The molecule has 2 atom stereocenters. The number of carbonyl (C=O) groups excluding carboxylic acids is 1. The van der Waals surface area contributed by atoms with E-state index in [1.807, 2.05) is 23.1 Å². The van der Waals surface area contributed by atoms with Crippen molar-refractivity contribution >= 4 is 5.91 Å². The van der Waals surface area contributed by atoms with Gasteiger partial charge in [-0.15, -0.1) is 0 Å². The number of amides is 1. The van der Waals surface area contributed by atoms with Crippen molar-refractivity contribution in [2.75, 3.05) is 6.54 Å². The van der Waals surface area contributed by atoms with Gasteiger partial charge in [-0.3, -0.25) is 4.79 Å². The largest absolute Gasteiger partial charge is 0.334 e. The van der Waals surface area contributed by atoms with E-state index in [9.17, 15) is 4.79 Å². The molecule has 2 N–H and O–H groups in total. The van der Waals surface area contributed by atoms with Gasteiger partial charge in [-0.1, -0.05) is 44.2 Å². The minimum absolute atomic E-state index is 0.0903. The minimum atomic E-state index is -0.334. The summed E-state index contributed by atoms with van der Waals surface area (Å²) in [5.41, 5.74) is 7.07. The van der Waals surface area contributed by atoms with Crippen molar-refractivity contribution < 1.29 is 4.79 Å². The zero-order chi connectivity index (χ0) is 12.4. The summed E-state index contributed by atoms with van der Waals surface area (Å²) in [7, 11) is 0.